The van der Waals surface area contributed by atoms with Gasteiger partial charge in [-0.05, 0) is 82.6 Å². The van der Waals surface area contributed by atoms with Crippen LogP contribution in [0.4, 0.5) is 8.78 Å². The standard InChI is InChI=1S/C36H35F2N3O3S/c1-2-23-5-3-6-24(11-23)20-39-21-34(43)33(15-26-13-31(37)19-32(38)14-26)41-35(44)29-16-28(27-8-4-7-25(12-27)22-42)17-30(18-29)36-40-9-10-45-36/h3-14,16-19,33-34,39,42-43H,2,15,20-22H2,1H3,(H,41,44)/t33-,34+/m0/s1. The van der Waals surface area contributed by atoms with E-state index < -0.39 is 29.7 Å². The quantitative estimate of drug-likeness (QED) is 0.123. The first kappa shape index (κ1) is 32.1. The fourth-order valence-corrected chi connectivity index (χ4v) is 5.87. The monoisotopic (exact) mass is 627 g/mol. The number of rotatable bonds is 13. The average Bonchev–Trinajstić information content (AvgIpc) is 3.59. The van der Waals surface area contributed by atoms with Crippen LogP contribution in [-0.2, 0) is 26.0 Å². The van der Waals surface area contributed by atoms with Gasteiger partial charge >= 0.3 is 0 Å². The van der Waals surface area contributed by atoms with Crippen molar-refractivity contribution in [3.63, 3.8) is 0 Å². The Morgan fingerprint density at radius 1 is 0.867 bits per heavy atom. The summed E-state index contributed by atoms with van der Waals surface area (Å²) in [5, 5.41) is 29.7. The minimum Gasteiger partial charge on any atom is -0.392 e. The molecule has 5 rings (SSSR count). The Balaban J connectivity index is 1.41. The van der Waals surface area contributed by atoms with Crippen molar-refractivity contribution in [2.75, 3.05) is 6.54 Å². The van der Waals surface area contributed by atoms with E-state index in [-0.39, 0.29) is 19.6 Å². The summed E-state index contributed by atoms with van der Waals surface area (Å²) in [7, 11) is 0. The summed E-state index contributed by atoms with van der Waals surface area (Å²) >= 11 is 1.44. The van der Waals surface area contributed by atoms with Crippen LogP contribution in [0.5, 0.6) is 0 Å². The second-order valence-electron chi connectivity index (χ2n) is 10.9. The summed E-state index contributed by atoms with van der Waals surface area (Å²) in [6.45, 7) is 2.61. The Hall–Kier alpha value is -4.28. The lowest BCUT2D eigenvalue weighted by Gasteiger charge is -2.25. The maximum absolute atomic E-state index is 14.1. The van der Waals surface area contributed by atoms with E-state index in [9.17, 15) is 23.8 Å². The predicted octanol–water partition coefficient (Wildman–Crippen LogP) is 6.30. The number of halogens is 2. The highest BCUT2D eigenvalue weighted by Crippen LogP contribution is 2.30. The Morgan fingerprint density at radius 2 is 1.60 bits per heavy atom. The third kappa shape index (κ3) is 8.67. The highest BCUT2D eigenvalue weighted by Gasteiger charge is 2.24. The van der Waals surface area contributed by atoms with E-state index in [0.717, 1.165) is 45.3 Å². The van der Waals surface area contributed by atoms with Gasteiger partial charge in [0.15, 0.2) is 0 Å². The zero-order valence-electron chi connectivity index (χ0n) is 24.8. The van der Waals surface area contributed by atoms with E-state index in [0.29, 0.717) is 17.7 Å². The molecule has 9 heteroatoms. The van der Waals surface area contributed by atoms with E-state index in [4.69, 9.17) is 0 Å². The Labute approximate surface area is 265 Å². The lowest BCUT2D eigenvalue weighted by atomic mass is 9.97. The smallest absolute Gasteiger partial charge is 0.251 e. The number of hydrogen-bond donors (Lipinski definition) is 4. The molecule has 2 atom stereocenters. The van der Waals surface area contributed by atoms with Crippen molar-refractivity contribution in [2.24, 2.45) is 0 Å². The van der Waals surface area contributed by atoms with Crippen molar-refractivity contribution in [1.82, 2.24) is 15.6 Å². The first-order chi connectivity index (χ1) is 21.8. The van der Waals surface area contributed by atoms with Gasteiger partial charge in [0.05, 0.1) is 18.8 Å². The molecule has 0 bridgehead atoms. The van der Waals surface area contributed by atoms with Gasteiger partial charge in [-0.2, -0.15) is 0 Å². The normalized spacial score (nSPS) is 12.6. The zero-order valence-corrected chi connectivity index (χ0v) is 25.7. The van der Waals surface area contributed by atoms with E-state index in [1.165, 1.54) is 29.0 Å². The molecule has 6 nitrogen and oxygen atoms in total. The van der Waals surface area contributed by atoms with Crippen LogP contribution >= 0.6 is 11.3 Å². The Bertz CT molecular complexity index is 1730. The number of aliphatic hydroxyl groups is 2. The van der Waals surface area contributed by atoms with Crippen molar-refractivity contribution in [2.45, 2.75) is 45.1 Å². The van der Waals surface area contributed by atoms with E-state index in [2.05, 4.69) is 34.7 Å². The van der Waals surface area contributed by atoms with Gasteiger partial charge in [0.25, 0.3) is 5.91 Å². The number of thiazole rings is 1. The maximum Gasteiger partial charge on any atom is 0.251 e. The van der Waals surface area contributed by atoms with Crippen molar-refractivity contribution in [3.8, 4) is 21.7 Å². The third-order valence-electron chi connectivity index (χ3n) is 7.56. The van der Waals surface area contributed by atoms with E-state index >= 15 is 0 Å². The Kier molecular flexibility index (Phi) is 10.8. The first-order valence-corrected chi connectivity index (χ1v) is 15.7. The van der Waals surface area contributed by atoms with Gasteiger partial charge in [-0.15, -0.1) is 11.3 Å². The van der Waals surface area contributed by atoms with Crippen LogP contribution in [0.2, 0.25) is 0 Å². The second-order valence-corrected chi connectivity index (χ2v) is 11.8. The minimum atomic E-state index is -1.07. The molecular weight excluding hydrogens is 592 g/mol. The molecule has 0 spiro atoms. The number of aliphatic hydroxyl groups excluding tert-OH is 2. The zero-order chi connectivity index (χ0) is 31.8. The molecule has 0 radical (unpaired) electrons. The molecule has 0 fully saturated rings. The number of benzene rings is 4. The summed E-state index contributed by atoms with van der Waals surface area (Å²) < 4.78 is 28.2. The maximum atomic E-state index is 14.1. The first-order valence-electron chi connectivity index (χ1n) is 14.8. The number of nitrogens with one attached hydrogen (secondary N) is 2. The fourth-order valence-electron chi connectivity index (χ4n) is 5.25. The molecule has 0 aliphatic heterocycles. The lowest BCUT2D eigenvalue weighted by Crippen LogP contribution is -2.48. The van der Waals surface area contributed by atoms with Crippen molar-refractivity contribution < 1.29 is 23.8 Å². The molecule has 5 aromatic rings. The highest BCUT2D eigenvalue weighted by atomic mass is 32.1. The number of nitrogens with zero attached hydrogens (tertiary/aromatic N) is 1. The molecule has 232 valence electrons. The number of carbonyl (C=O) groups is 1. The van der Waals surface area contributed by atoms with Gasteiger partial charge in [-0.25, -0.2) is 13.8 Å². The van der Waals surface area contributed by atoms with Crippen molar-refractivity contribution in [3.05, 3.63) is 136 Å². The van der Waals surface area contributed by atoms with Gasteiger partial charge in [-0.1, -0.05) is 49.4 Å². The fraction of sp³-hybridized carbons (Fsp3) is 0.222. The van der Waals surface area contributed by atoms with Crippen LogP contribution in [0, 0.1) is 11.6 Å². The van der Waals surface area contributed by atoms with E-state index in [1.54, 1.807) is 18.3 Å². The SMILES string of the molecule is CCc1cccc(CNC[C@@H](O)[C@H](Cc2cc(F)cc(F)c2)NC(=O)c2cc(-c3cccc(CO)c3)cc(-c3nccs3)c2)c1. The largest absolute Gasteiger partial charge is 0.392 e. The van der Waals surface area contributed by atoms with Crippen LogP contribution in [-0.4, -0.2) is 39.8 Å². The molecule has 0 aliphatic rings. The molecule has 1 aromatic heterocycles. The molecule has 45 heavy (non-hydrogen) atoms. The summed E-state index contributed by atoms with van der Waals surface area (Å²) in [6, 6.07) is 23.3. The number of carbonyl (C=O) groups excluding carboxylic acids is 1. The van der Waals surface area contributed by atoms with Crippen LogP contribution in [0.25, 0.3) is 21.7 Å². The molecule has 1 amide bonds. The van der Waals surface area contributed by atoms with Gasteiger partial charge in [0.2, 0.25) is 0 Å². The summed E-state index contributed by atoms with van der Waals surface area (Å²) in [5.41, 5.74) is 5.95. The molecule has 4 aromatic carbocycles. The lowest BCUT2D eigenvalue weighted by molar-refractivity contribution is 0.0830. The van der Waals surface area contributed by atoms with Crippen LogP contribution in [0.3, 0.4) is 0 Å². The number of aromatic nitrogens is 1. The molecule has 0 aliphatic carbocycles. The Morgan fingerprint density at radius 3 is 2.33 bits per heavy atom. The third-order valence-corrected chi connectivity index (χ3v) is 8.38. The van der Waals surface area contributed by atoms with Crippen LogP contribution in [0.1, 0.15) is 39.5 Å². The van der Waals surface area contributed by atoms with Crippen LogP contribution < -0.4 is 10.6 Å². The topological polar surface area (TPSA) is 94.5 Å². The van der Waals surface area contributed by atoms with Crippen LogP contribution in [0.15, 0.2) is 96.5 Å². The molecular formula is C36H35F2N3O3S. The molecule has 0 saturated heterocycles. The van der Waals surface area contributed by atoms with Gasteiger partial charge in [0.1, 0.15) is 16.6 Å². The molecule has 0 saturated carbocycles. The second kappa shape index (κ2) is 15.1. The molecule has 4 N–H and O–H groups in total. The molecule has 1 heterocycles. The number of amides is 1. The summed E-state index contributed by atoms with van der Waals surface area (Å²) in [6.07, 6.45) is 1.53. The summed E-state index contributed by atoms with van der Waals surface area (Å²) in [4.78, 5) is 18.2. The summed E-state index contributed by atoms with van der Waals surface area (Å²) in [5.74, 6) is -1.92. The number of aryl methyl sites for hydroxylation is 1. The molecule has 0 unspecified atom stereocenters. The van der Waals surface area contributed by atoms with Gasteiger partial charge in [0, 0.05) is 41.9 Å². The van der Waals surface area contributed by atoms with E-state index in [1.807, 2.05) is 47.8 Å². The van der Waals surface area contributed by atoms with Gasteiger partial charge in [-0.3, -0.25) is 4.79 Å². The highest BCUT2D eigenvalue weighted by molar-refractivity contribution is 7.13. The van der Waals surface area contributed by atoms with Gasteiger partial charge < -0.3 is 20.8 Å². The average molecular weight is 628 g/mol. The number of hydrogen-bond acceptors (Lipinski definition) is 6. The van der Waals surface area contributed by atoms with Crippen molar-refractivity contribution >= 4 is 17.2 Å². The predicted molar refractivity (Wildman–Crippen MR) is 174 cm³/mol. The van der Waals surface area contributed by atoms with Crippen molar-refractivity contribution in [1.29, 1.82) is 0 Å². The minimum absolute atomic E-state index is 0.00611.